The third-order valence-electron chi connectivity index (χ3n) is 5.07. The topological polar surface area (TPSA) is 102 Å². The van der Waals surface area contributed by atoms with E-state index < -0.39 is 33.8 Å². The van der Waals surface area contributed by atoms with Crippen LogP contribution in [0.15, 0.2) is 70.6 Å². The van der Waals surface area contributed by atoms with Crippen LogP contribution in [0, 0.1) is 5.92 Å². The lowest BCUT2D eigenvalue weighted by molar-refractivity contribution is -0.147. The molecule has 2 N–H and O–H groups in total. The van der Waals surface area contributed by atoms with Crippen LogP contribution in [0.2, 0.25) is 0 Å². The van der Waals surface area contributed by atoms with Gasteiger partial charge >= 0.3 is 12.0 Å². The predicted octanol–water partition coefficient (Wildman–Crippen LogP) is 3.66. The zero-order chi connectivity index (χ0) is 22.6. The van der Waals surface area contributed by atoms with Gasteiger partial charge in [0.1, 0.15) is 5.92 Å². The van der Waals surface area contributed by atoms with Gasteiger partial charge < -0.3 is 15.4 Å². The van der Waals surface area contributed by atoms with E-state index in [2.05, 4.69) is 10.6 Å². The Morgan fingerprint density at radius 3 is 2.32 bits per heavy atom. The molecule has 7 nitrogen and oxygen atoms in total. The molecule has 31 heavy (non-hydrogen) atoms. The molecule has 0 bridgehead atoms. The van der Waals surface area contributed by atoms with Crippen molar-refractivity contribution in [2.45, 2.75) is 37.6 Å². The molecule has 2 aromatic rings. The first-order valence-electron chi connectivity index (χ1n) is 10.1. The van der Waals surface area contributed by atoms with Gasteiger partial charge in [-0.3, -0.25) is 4.79 Å². The number of sulfone groups is 1. The Morgan fingerprint density at radius 2 is 1.74 bits per heavy atom. The maximum Gasteiger partial charge on any atom is 0.319 e. The number of hydrogen-bond acceptors (Lipinski definition) is 5. The number of carbonyl (C=O) groups excluding carboxylic acids is 2. The zero-order valence-electron chi connectivity index (χ0n) is 17.7. The highest BCUT2D eigenvalue weighted by Gasteiger charge is 2.40. The summed E-state index contributed by atoms with van der Waals surface area (Å²) in [7, 11) is -3.93. The van der Waals surface area contributed by atoms with E-state index in [0.717, 1.165) is 11.0 Å². The first-order valence-corrected chi connectivity index (χ1v) is 11.6. The number of ether oxygens (including phenoxy) is 1. The summed E-state index contributed by atoms with van der Waals surface area (Å²) >= 11 is 0. The second-order valence-electron chi connectivity index (χ2n) is 7.56. The average molecular weight is 443 g/mol. The molecule has 1 saturated heterocycles. The van der Waals surface area contributed by atoms with E-state index in [0.29, 0.717) is 5.56 Å². The smallest absolute Gasteiger partial charge is 0.319 e. The Balaban J connectivity index is 2.05. The summed E-state index contributed by atoms with van der Waals surface area (Å²) in [6.07, 6.45) is 0. The minimum absolute atomic E-state index is 0.0241. The molecule has 0 unspecified atom stereocenters. The van der Waals surface area contributed by atoms with E-state index in [1.807, 2.05) is 19.9 Å². The summed E-state index contributed by atoms with van der Waals surface area (Å²) in [5, 5.41) is 6.16. The average Bonchev–Trinajstić information content (AvgIpc) is 2.74. The van der Waals surface area contributed by atoms with Crippen molar-refractivity contribution in [2.75, 3.05) is 6.61 Å². The SMILES string of the molecule is CCOC(=O)[C@H]1/C(=C\S(=O)(=O)c2ccc(C(C)C)cc2)NC(=O)N[C@H]1c1ccccc1. The van der Waals surface area contributed by atoms with Gasteiger partial charge in [0.25, 0.3) is 0 Å². The standard InChI is InChI=1S/C23H26N2O5S/c1-4-30-22(26)20-19(24-23(27)25-21(20)17-8-6-5-7-9-17)14-31(28,29)18-12-10-16(11-13-18)15(2)3/h5-15,20-21H,4H2,1-3H3,(H2,24,25,27)/b19-14+/t20-,21-/m0/s1. The Hall–Kier alpha value is -3.13. The molecule has 1 heterocycles. The van der Waals surface area contributed by atoms with Crippen molar-refractivity contribution < 1.29 is 22.7 Å². The molecular weight excluding hydrogens is 416 g/mol. The van der Waals surface area contributed by atoms with Gasteiger partial charge in [0, 0.05) is 5.70 Å². The Morgan fingerprint density at radius 1 is 1.10 bits per heavy atom. The summed E-state index contributed by atoms with van der Waals surface area (Å²) in [5.41, 5.74) is 1.65. The first-order chi connectivity index (χ1) is 14.7. The van der Waals surface area contributed by atoms with Crippen molar-refractivity contribution in [3.8, 4) is 0 Å². The molecule has 3 rings (SSSR count). The fraction of sp³-hybridized carbons (Fsp3) is 0.304. The van der Waals surface area contributed by atoms with Gasteiger partial charge in [0.05, 0.1) is 23.0 Å². The van der Waals surface area contributed by atoms with Crippen LogP contribution in [0.3, 0.4) is 0 Å². The van der Waals surface area contributed by atoms with E-state index >= 15 is 0 Å². The first kappa shape index (κ1) is 22.6. The number of rotatable bonds is 6. The van der Waals surface area contributed by atoms with Crippen LogP contribution >= 0.6 is 0 Å². The van der Waals surface area contributed by atoms with Crippen LogP contribution < -0.4 is 10.6 Å². The van der Waals surface area contributed by atoms with Crippen LogP contribution in [0.1, 0.15) is 43.9 Å². The number of carbonyl (C=O) groups is 2. The van der Waals surface area contributed by atoms with Crippen molar-refractivity contribution in [1.82, 2.24) is 10.6 Å². The lowest BCUT2D eigenvalue weighted by Gasteiger charge is -2.33. The van der Waals surface area contributed by atoms with E-state index in [1.165, 1.54) is 12.1 Å². The van der Waals surface area contributed by atoms with Gasteiger partial charge in [-0.2, -0.15) is 0 Å². The highest BCUT2D eigenvalue weighted by atomic mass is 32.2. The second-order valence-corrected chi connectivity index (χ2v) is 9.36. The normalized spacial score (nSPS) is 20.3. The fourth-order valence-corrected chi connectivity index (χ4v) is 4.65. The summed E-state index contributed by atoms with van der Waals surface area (Å²) in [4.78, 5) is 25.2. The maximum absolute atomic E-state index is 13.1. The largest absolute Gasteiger partial charge is 0.465 e. The molecule has 8 heteroatoms. The Bertz CT molecular complexity index is 1080. The third-order valence-corrected chi connectivity index (χ3v) is 6.56. The Kier molecular flexibility index (Phi) is 6.80. The number of urea groups is 1. The monoisotopic (exact) mass is 442 g/mol. The quantitative estimate of drug-likeness (QED) is 0.665. The molecule has 2 amide bonds. The molecule has 1 fully saturated rings. The summed E-state index contributed by atoms with van der Waals surface area (Å²) in [5.74, 6) is -1.40. The van der Waals surface area contributed by atoms with Crippen LogP contribution in [-0.2, 0) is 19.4 Å². The number of hydrogen-bond donors (Lipinski definition) is 2. The molecule has 2 atom stereocenters. The molecule has 164 valence electrons. The lowest BCUT2D eigenvalue weighted by Crippen LogP contribution is -2.51. The molecule has 2 aromatic carbocycles. The lowest BCUT2D eigenvalue weighted by atomic mass is 9.89. The molecule has 1 aliphatic heterocycles. The van der Waals surface area contributed by atoms with Gasteiger partial charge in [0.15, 0.2) is 0 Å². The van der Waals surface area contributed by atoms with Gasteiger partial charge in [-0.25, -0.2) is 13.2 Å². The Labute approximate surface area is 182 Å². The summed E-state index contributed by atoms with van der Waals surface area (Å²) < 4.78 is 31.3. The number of esters is 1. The summed E-state index contributed by atoms with van der Waals surface area (Å²) in [6, 6.07) is 14.1. The van der Waals surface area contributed by atoms with E-state index in [9.17, 15) is 18.0 Å². The van der Waals surface area contributed by atoms with Crippen LogP contribution in [-0.4, -0.2) is 27.0 Å². The molecular formula is C23H26N2O5S. The van der Waals surface area contributed by atoms with Crippen LogP contribution in [0.5, 0.6) is 0 Å². The molecule has 0 spiro atoms. The number of benzene rings is 2. The van der Waals surface area contributed by atoms with E-state index in [1.54, 1.807) is 43.3 Å². The van der Waals surface area contributed by atoms with Crippen molar-refractivity contribution in [3.05, 3.63) is 76.8 Å². The van der Waals surface area contributed by atoms with Crippen molar-refractivity contribution in [3.63, 3.8) is 0 Å². The fourth-order valence-electron chi connectivity index (χ4n) is 3.46. The molecule has 1 aliphatic rings. The third kappa shape index (κ3) is 5.14. The van der Waals surface area contributed by atoms with Crippen LogP contribution in [0.4, 0.5) is 4.79 Å². The van der Waals surface area contributed by atoms with Gasteiger partial charge in [-0.1, -0.05) is 56.3 Å². The minimum atomic E-state index is -3.93. The molecule has 0 saturated carbocycles. The van der Waals surface area contributed by atoms with E-state index in [4.69, 9.17) is 4.74 Å². The number of amides is 2. The highest BCUT2D eigenvalue weighted by molar-refractivity contribution is 7.94. The van der Waals surface area contributed by atoms with E-state index in [-0.39, 0.29) is 23.1 Å². The molecule has 0 radical (unpaired) electrons. The minimum Gasteiger partial charge on any atom is -0.465 e. The maximum atomic E-state index is 13.1. The predicted molar refractivity (Wildman–Crippen MR) is 117 cm³/mol. The zero-order valence-corrected chi connectivity index (χ0v) is 18.5. The number of nitrogens with one attached hydrogen (secondary N) is 2. The summed E-state index contributed by atoms with van der Waals surface area (Å²) in [6.45, 7) is 5.83. The molecule has 0 aromatic heterocycles. The van der Waals surface area contributed by atoms with Gasteiger partial charge in [-0.15, -0.1) is 0 Å². The van der Waals surface area contributed by atoms with Crippen molar-refractivity contribution in [1.29, 1.82) is 0 Å². The molecule has 0 aliphatic carbocycles. The van der Waals surface area contributed by atoms with Crippen LogP contribution in [0.25, 0.3) is 0 Å². The van der Waals surface area contributed by atoms with Crippen molar-refractivity contribution in [2.24, 2.45) is 5.92 Å². The van der Waals surface area contributed by atoms with Gasteiger partial charge in [0.2, 0.25) is 9.84 Å². The van der Waals surface area contributed by atoms with Crippen molar-refractivity contribution >= 4 is 21.8 Å². The highest BCUT2D eigenvalue weighted by Crippen LogP contribution is 2.32. The van der Waals surface area contributed by atoms with Gasteiger partial charge in [-0.05, 0) is 36.1 Å². The second kappa shape index (κ2) is 9.34.